The van der Waals surface area contributed by atoms with Crippen LogP contribution in [0.4, 0.5) is 5.82 Å². The number of anilines is 1. The van der Waals surface area contributed by atoms with E-state index < -0.39 is 0 Å². The number of rotatable bonds is 7. The molecule has 0 aliphatic carbocycles. The van der Waals surface area contributed by atoms with Gasteiger partial charge in [0, 0.05) is 41.4 Å². The van der Waals surface area contributed by atoms with Crippen molar-refractivity contribution in [3.8, 4) is 22.8 Å². The summed E-state index contributed by atoms with van der Waals surface area (Å²) in [6.07, 6.45) is 6.19. The fraction of sp³-hybridized carbons (Fsp3) is 0.435. The Hall–Kier alpha value is -2.29. The highest BCUT2D eigenvalue weighted by Gasteiger charge is 2.23. The minimum Gasteiger partial charge on any atom is -0.496 e. The van der Waals surface area contributed by atoms with E-state index in [4.69, 9.17) is 31.0 Å². The van der Waals surface area contributed by atoms with E-state index in [9.17, 15) is 0 Å². The van der Waals surface area contributed by atoms with E-state index in [2.05, 4.69) is 22.2 Å². The van der Waals surface area contributed by atoms with Crippen LogP contribution in [0.1, 0.15) is 18.4 Å². The third kappa shape index (κ3) is 4.31. The zero-order valence-corrected chi connectivity index (χ0v) is 20.6. The second-order valence-corrected chi connectivity index (χ2v) is 9.05. The lowest BCUT2D eigenvalue weighted by Gasteiger charge is -2.21. The fourth-order valence-electron chi connectivity index (χ4n) is 4.19. The van der Waals surface area contributed by atoms with Crippen LogP contribution in [0.25, 0.3) is 22.2 Å². The van der Waals surface area contributed by atoms with Crippen molar-refractivity contribution in [2.45, 2.75) is 31.0 Å². The van der Waals surface area contributed by atoms with E-state index in [1.54, 1.807) is 20.3 Å². The average molecular weight is 474 g/mol. The standard InChI is InChI=1S/C23H28ClN5O2S/c1-13-17(30-3)10-18(31-4)20(24)19(13)16-9-14-11-26-23(32-5)28-21(14)22(27-16)25-12-15-7-6-8-29(15)2/h9-11,15H,6-8,12H2,1-5H3,(H,25,27). The number of likely N-dealkylation sites (N-methyl/N-ethyl adjacent to an activating group) is 1. The van der Waals surface area contributed by atoms with Crippen LogP contribution < -0.4 is 14.8 Å². The molecule has 7 nitrogen and oxygen atoms in total. The topological polar surface area (TPSA) is 72.4 Å². The highest BCUT2D eigenvalue weighted by atomic mass is 35.5. The van der Waals surface area contributed by atoms with E-state index in [1.807, 2.05) is 25.4 Å². The summed E-state index contributed by atoms with van der Waals surface area (Å²) in [5.41, 5.74) is 3.20. The number of nitrogens with one attached hydrogen (secondary N) is 1. The molecular formula is C23H28ClN5O2S. The lowest BCUT2D eigenvalue weighted by Crippen LogP contribution is -2.31. The average Bonchev–Trinajstić information content (AvgIpc) is 3.22. The lowest BCUT2D eigenvalue weighted by molar-refractivity contribution is 0.322. The van der Waals surface area contributed by atoms with Gasteiger partial charge in [0.25, 0.3) is 0 Å². The summed E-state index contributed by atoms with van der Waals surface area (Å²) in [5.74, 6) is 1.97. The normalized spacial score (nSPS) is 16.5. The zero-order valence-electron chi connectivity index (χ0n) is 19.0. The van der Waals surface area contributed by atoms with Crippen molar-refractivity contribution in [1.29, 1.82) is 0 Å². The Labute approximate surface area is 197 Å². The maximum Gasteiger partial charge on any atom is 0.187 e. The lowest BCUT2D eigenvalue weighted by atomic mass is 10.0. The molecule has 4 rings (SSSR count). The molecule has 1 saturated heterocycles. The highest BCUT2D eigenvalue weighted by molar-refractivity contribution is 7.98. The van der Waals surface area contributed by atoms with Crippen LogP contribution in [0, 0.1) is 6.92 Å². The fourth-order valence-corrected chi connectivity index (χ4v) is 4.90. The second-order valence-electron chi connectivity index (χ2n) is 7.90. The number of fused-ring (bicyclic) bond motifs is 1. The van der Waals surface area contributed by atoms with Crippen LogP contribution in [-0.4, -0.2) is 66.5 Å². The minimum absolute atomic E-state index is 0.472. The Bertz CT molecular complexity index is 1120. The first-order valence-corrected chi connectivity index (χ1v) is 12.1. The van der Waals surface area contributed by atoms with Gasteiger partial charge in [-0.3, -0.25) is 0 Å². The van der Waals surface area contributed by atoms with Gasteiger partial charge in [-0.2, -0.15) is 0 Å². The molecule has 1 fully saturated rings. The molecule has 3 aromatic rings. The Kier molecular flexibility index (Phi) is 6.93. The van der Waals surface area contributed by atoms with Crippen LogP contribution in [-0.2, 0) is 0 Å². The number of nitrogens with zero attached hydrogens (tertiary/aromatic N) is 4. The molecule has 2 aromatic heterocycles. The Morgan fingerprint density at radius 1 is 1.22 bits per heavy atom. The van der Waals surface area contributed by atoms with Crippen molar-refractivity contribution in [1.82, 2.24) is 19.9 Å². The maximum atomic E-state index is 6.75. The van der Waals surface area contributed by atoms with Crippen molar-refractivity contribution in [2.75, 3.05) is 45.9 Å². The van der Waals surface area contributed by atoms with Gasteiger partial charge in [0.1, 0.15) is 17.0 Å². The largest absolute Gasteiger partial charge is 0.496 e. The molecule has 0 spiro atoms. The highest BCUT2D eigenvalue weighted by Crippen LogP contribution is 2.43. The van der Waals surface area contributed by atoms with Gasteiger partial charge in [0.15, 0.2) is 11.0 Å². The van der Waals surface area contributed by atoms with Gasteiger partial charge >= 0.3 is 0 Å². The molecule has 1 N–H and O–H groups in total. The third-order valence-corrected chi connectivity index (χ3v) is 6.98. The van der Waals surface area contributed by atoms with Crippen molar-refractivity contribution in [3.63, 3.8) is 0 Å². The molecule has 0 saturated carbocycles. The summed E-state index contributed by atoms with van der Waals surface area (Å²) >= 11 is 8.26. The summed E-state index contributed by atoms with van der Waals surface area (Å²) < 4.78 is 11.1. The number of halogens is 1. The Morgan fingerprint density at radius 2 is 2.00 bits per heavy atom. The number of thioether (sulfide) groups is 1. The number of aromatic nitrogens is 3. The second kappa shape index (κ2) is 9.68. The quantitative estimate of drug-likeness (QED) is 0.383. The number of ether oxygens (including phenoxy) is 2. The smallest absolute Gasteiger partial charge is 0.187 e. The van der Waals surface area contributed by atoms with Crippen molar-refractivity contribution >= 4 is 40.1 Å². The van der Waals surface area contributed by atoms with Crippen LogP contribution in [0.3, 0.4) is 0 Å². The maximum absolute atomic E-state index is 6.75. The number of likely N-dealkylation sites (tertiary alicyclic amines) is 1. The van der Waals surface area contributed by atoms with Crippen molar-refractivity contribution in [3.05, 3.63) is 28.9 Å². The summed E-state index contributed by atoms with van der Waals surface area (Å²) in [4.78, 5) is 16.6. The van der Waals surface area contributed by atoms with Crippen molar-refractivity contribution < 1.29 is 9.47 Å². The molecule has 1 aromatic carbocycles. The first kappa shape index (κ1) is 22.9. The SMILES string of the molecule is COc1cc(OC)c(Cl)c(-c2cc3cnc(SC)nc3c(NCC3CCCN3C)n2)c1C. The van der Waals surface area contributed by atoms with Gasteiger partial charge in [-0.25, -0.2) is 15.0 Å². The van der Waals surface area contributed by atoms with Gasteiger partial charge in [-0.1, -0.05) is 23.4 Å². The Morgan fingerprint density at radius 3 is 2.66 bits per heavy atom. The monoisotopic (exact) mass is 473 g/mol. The van der Waals surface area contributed by atoms with Crippen molar-refractivity contribution in [2.24, 2.45) is 0 Å². The molecule has 170 valence electrons. The summed E-state index contributed by atoms with van der Waals surface area (Å²) in [5, 5.41) is 5.67. The Balaban J connectivity index is 1.86. The van der Waals surface area contributed by atoms with Gasteiger partial charge in [0.05, 0.1) is 24.9 Å². The van der Waals surface area contributed by atoms with E-state index in [-0.39, 0.29) is 0 Å². The van der Waals surface area contributed by atoms with Crippen LogP contribution in [0.15, 0.2) is 23.5 Å². The van der Waals surface area contributed by atoms with E-state index in [1.165, 1.54) is 24.6 Å². The molecular weight excluding hydrogens is 446 g/mol. The number of pyridine rings is 1. The molecule has 0 amide bonds. The number of hydrogen-bond donors (Lipinski definition) is 1. The molecule has 1 aliphatic heterocycles. The predicted molar refractivity (Wildman–Crippen MR) is 132 cm³/mol. The third-order valence-electron chi connectivity index (χ3n) is 6.04. The van der Waals surface area contributed by atoms with Gasteiger partial charge in [-0.05, 0) is 45.7 Å². The molecule has 3 heterocycles. The molecule has 32 heavy (non-hydrogen) atoms. The zero-order chi connectivity index (χ0) is 22.8. The van der Waals surface area contributed by atoms with Gasteiger partial charge < -0.3 is 19.7 Å². The minimum atomic E-state index is 0.472. The molecule has 1 atom stereocenters. The van der Waals surface area contributed by atoms with Gasteiger partial charge in [-0.15, -0.1) is 0 Å². The number of hydrogen-bond acceptors (Lipinski definition) is 8. The van der Waals surface area contributed by atoms with Crippen LogP contribution in [0.2, 0.25) is 5.02 Å². The summed E-state index contributed by atoms with van der Waals surface area (Å²) in [7, 11) is 5.40. The van der Waals surface area contributed by atoms with Crippen LogP contribution in [0.5, 0.6) is 11.5 Å². The molecule has 1 unspecified atom stereocenters. The molecule has 1 aliphatic rings. The molecule has 0 bridgehead atoms. The summed E-state index contributed by atoms with van der Waals surface area (Å²) in [6.45, 7) is 3.89. The predicted octanol–water partition coefficient (Wildman–Crippen LogP) is 4.90. The van der Waals surface area contributed by atoms with Crippen LogP contribution >= 0.6 is 23.4 Å². The first-order valence-electron chi connectivity index (χ1n) is 10.5. The molecule has 0 radical (unpaired) electrons. The summed E-state index contributed by atoms with van der Waals surface area (Å²) in [6, 6.07) is 4.24. The van der Waals surface area contributed by atoms with E-state index >= 15 is 0 Å². The first-order chi connectivity index (χ1) is 15.5. The van der Waals surface area contributed by atoms with E-state index in [0.29, 0.717) is 27.7 Å². The molecule has 9 heteroatoms. The number of methoxy groups -OCH3 is 2. The van der Waals surface area contributed by atoms with E-state index in [0.717, 1.165) is 46.6 Å². The number of benzene rings is 1. The van der Waals surface area contributed by atoms with Gasteiger partial charge in [0.2, 0.25) is 0 Å².